The van der Waals surface area contributed by atoms with E-state index in [0.29, 0.717) is 21.6 Å². The first-order chi connectivity index (χ1) is 20.0. The van der Waals surface area contributed by atoms with Crippen LogP contribution in [0.3, 0.4) is 0 Å². The molecule has 41 heavy (non-hydrogen) atoms. The van der Waals surface area contributed by atoms with Crippen LogP contribution in [0, 0.1) is 0 Å². The maximum atomic E-state index is 12.4. The second kappa shape index (κ2) is 11.4. The van der Waals surface area contributed by atoms with Gasteiger partial charge in [0.1, 0.15) is 16.4 Å². The third-order valence-electron chi connectivity index (χ3n) is 6.60. The number of rotatable bonds is 5. The van der Waals surface area contributed by atoms with Gasteiger partial charge < -0.3 is 4.98 Å². The van der Waals surface area contributed by atoms with Crippen molar-refractivity contribution in [2.45, 2.75) is 9.92 Å². The molecule has 6 aromatic heterocycles. The number of carbonyl (C=O) groups is 1. The lowest BCUT2D eigenvalue weighted by Gasteiger charge is -2.04. The Morgan fingerprint density at radius 3 is 2.41 bits per heavy atom. The Labute approximate surface area is 248 Å². The summed E-state index contributed by atoms with van der Waals surface area (Å²) >= 11 is 9.47. The fourth-order valence-corrected chi connectivity index (χ4v) is 5.57. The number of aromatic nitrogens is 8. The molecule has 0 fully saturated rings. The highest BCUT2D eigenvalue weighted by Gasteiger charge is 2.18. The molecule has 7 rings (SSSR count). The number of fused-ring (bicyclic) bond motifs is 4. The Morgan fingerprint density at radius 1 is 0.854 bits per heavy atom. The Balaban J connectivity index is 0.000000148. The third-order valence-corrected chi connectivity index (χ3v) is 8.38. The van der Waals surface area contributed by atoms with Gasteiger partial charge in [-0.2, -0.15) is 0 Å². The lowest BCUT2D eigenvalue weighted by Crippen LogP contribution is -2.06. The molecule has 0 atom stereocenters. The van der Waals surface area contributed by atoms with E-state index < -0.39 is 0 Å². The van der Waals surface area contributed by atoms with Crippen LogP contribution in [0.1, 0.15) is 16.1 Å². The molecule has 0 spiro atoms. The van der Waals surface area contributed by atoms with Gasteiger partial charge in [-0.15, -0.1) is 23.5 Å². The van der Waals surface area contributed by atoms with Crippen LogP contribution in [-0.2, 0) is 7.05 Å². The minimum atomic E-state index is -0.286. The molecule has 0 radical (unpaired) electrons. The summed E-state index contributed by atoms with van der Waals surface area (Å²) in [5.41, 5.74) is 5.42. The summed E-state index contributed by atoms with van der Waals surface area (Å²) < 4.78 is 2.04. The van der Waals surface area contributed by atoms with Crippen molar-refractivity contribution in [2.75, 3.05) is 12.5 Å². The predicted molar refractivity (Wildman–Crippen MR) is 166 cm³/mol. The Kier molecular flexibility index (Phi) is 7.48. The lowest BCUT2D eigenvalue weighted by molar-refractivity contribution is 0.103. The van der Waals surface area contributed by atoms with E-state index in [2.05, 4.69) is 65.5 Å². The van der Waals surface area contributed by atoms with E-state index >= 15 is 0 Å². The van der Waals surface area contributed by atoms with Gasteiger partial charge in [0.25, 0.3) is 0 Å². The summed E-state index contributed by atoms with van der Waals surface area (Å²) in [7, 11) is 2.02. The molecule has 0 aliphatic carbocycles. The van der Waals surface area contributed by atoms with Crippen molar-refractivity contribution in [3.05, 3.63) is 89.9 Å². The van der Waals surface area contributed by atoms with Crippen LogP contribution in [-0.4, -0.2) is 58.0 Å². The minimum absolute atomic E-state index is 0.251. The van der Waals surface area contributed by atoms with Crippen LogP contribution in [0.4, 0.5) is 0 Å². The number of hydrogen-bond acceptors (Lipinski definition) is 8. The first-order valence-corrected chi connectivity index (χ1v) is 15.3. The topological polar surface area (TPSA) is 118 Å². The first-order valence-electron chi connectivity index (χ1n) is 12.4. The van der Waals surface area contributed by atoms with Crippen LogP contribution in [0.15, 0.2) is 83.5 Å². The summed E-state index contributed by atoms with van der Waals surface area (Å²) in [5, 5.41) is 7.48. The second-order valence-corrected chi connectivity index (χ2v) is 11.1. The van der Waals surface area contributed by atoms with E-state index in [-0.39, 0.29) is 11.5 Å². The molecule has 0 aliphatic rings. The highest BCUT2D eigenvalue weighted by molar-refractivity contribution is 7.98. The zero-order chi connectivity index (χ0) is 28.5. The van der Waals surface area contributed by atoms with E-state index in [9.17, 15) is 4.79 Å². The molecule has 0 bridgehead atoms. The summed E-state index contributed by atoms with van der Waals surface area (Å²) in [6.07, 6.45) is 13.9. The van der Waals surface area contributed by atoms with Crippen LogP contribution in [0.2, 0.25) is 5.02 Å². The Hall–Kier alpha value is -4.19. The number of hydrogen-bond donors (Lipinski definition) is 2. The molecular weight excluding hydrogens is 576 g/mol. The third kappa shape index (κ3) is 5.08. The standard InChI is InChI=1S/C16H14N4S.C13H9ClN4OS/c1-20-15-12-7-8-17-16(12)18-9-13(15)14(19-20)10-3-5-11(21-2)6-4-10;1-20-10-6-16-9(5-17-10)12(19)8-4-18-13-7(11(8)14)2-3-15-13/h3-9,19H,1-2H3;2-6H,1H3,(H,15,18). The zero-order valence-corrected chi connectivity index (χ0v) is 24.6. The lowest BCUT2D eigenvalue weighted by atomic mass is 10.1. The SMILES string of the molecule is CSc1ccc(-c2[nH]n(C)c3c2cnc2nccc23)cc1.CSc1cnc(C(=O)c2cnc3[nH]ccc3c2Cl)cn1. The molecule has 7 aromatic rings. The van der Waals surface area contributed by atoms with Gasteiger partial charge in [0, 0.05) is 58.5 Å². The van der Waals surface area contributed by atoms with E-state index in [1.54, 1.807) is 36.4 Å². The molecule has 0 saturated carbocycles. The number of thioether (sulfide) groups is 2. The van der Waals surface area contributed by atoms with Crippen molar-refractivity contribution in [2.24, 2.45) is 7.05 Å². The predicted octanol–water partition coefficient (Wildman–Crippen LogP) is 6.80. The van der Waals surface area contributed by atoms with Gasteiger partial charge in [0.2, 0.25) is 5.78 Å². The van der Waals surface area contributed by atoms with Crippen molar-refractivity contribution in [1.29, 1.82) is 0 Å². The number of carbonyl (C=O) groups excluding carboxylic acids is 1. The summed E-state index contributed by atoms with van der Waals surface area (Å²) in [4.78, 5) is 37.7. The molecule has 0 unspecified atom stereocenters. The van der Waals surface area contributed by atoms with Crippen molar-refractivity contribution < 1.29 is 4.79 Å². The van der Waals surface area contributed by atoms with Gasteiger partial charge in [-0.3, -0.25) is 14.6 Å². The molecular formula is C29H23ClN8OS2. The molecule has 0 saturated heterocycles. The highest BCUT2D eigenvalue weighted by Crippen LogP contribution is 2.32. The average molecular weight is 599 g/mol. The quantitative estimate of drug-likeness (QED) is 0.164. The Morgan fingerprint density at radius 2 is 1.68 bits per heavy atom. The van der Waals surface area contributed by atoms with Gasteiger partial charge in [0.15, 0.2) is 5.65 Å². The van der Waals surface area contributed by atoms with E-state index in [1.165, 1.54) is 34.6 Å². The highest BCUT2D eigenvalue weighted by atomic mass is 35.5. The van der Waals surface area contributed by atoms with Crippen molar-refractivity contribution >= 4 is 73.9 Å². The largest absolute Gasteiger partial charge is 0.346 e. The van der Waals surface area contributed by atoms with Gasteiger partial charge in [-0.1, -0.05) is 23.7 Å². The molecule has 1 aromatic carbocycles. The molecule has 0 aliphatic heterocycles. The van der Waals surface area contributed by atoms with Crippen LogP contribution >= 0.6 is 35.1 Å². The maximum absolute atomic E-state index is 12.4. The fraction of sp³-hybridized carbons (Fsp3) is 0.103. The number of H-pyrrole nitrogens is 2. The number of halogens is 1. The summed E-state index contributed by atoms with van der Waals surface area (Å²) in [6, 6.07) is 12.4. The van der Waals surface area contributed by atoms with Crippen molar-refractivity contribution in [3.8, 4) is 11.3 Å². The number of ketones is 1. The molecule has 12 heteroatoms. The van der Waals surface area contributed by atoms with E-state index in [4.69, 9.17) is 11.6 Å². The average Bonchev–Trinajstić information content (AvgIpc) is 3.76. The minimum Gasteiger partial charge on any atom is -0.346 e. The number of aromatic amines is 2. The van der Waals surface area contributed by atoms with Gasteiger partial charge in [0.05, 0.1) is 34.2 Å². The smallest absolute Gasteiger partial charge is 0.216 e. The molecule has 2 N–H and O–H groups in total. The first kappa shape index (κ1) is 27.0. The zero-order valence-electron chi connectivity index (χ0n) is 22.2. The van der Waals surface area contributed by atoms with Crippen LogP contribution < -0.4 is 0 Å². The van der Waals surface area contributed by atoms with Crippen LogP contribution in [0.25, 0.3) is 44.2 Å². The number of pyridine rings is 2. The van der Waals surface area contributed by atoms with Crippen LogP contribution in [0.5, 0.6) is 0 Å². The van der Waals surface area contributed by atoms with E-state index in [0.717, 1.165) is 32.7 Å². The van der Waals surface area contributed by atoms with Crippen molar-refractivity contribution in [1.82, 2.24) is 39.7 Å². The molecule has 9 nitrogen and oxygen atoms in total. The maximum Gasteiger partial charge on any atom is 0.216 e. The van der Waals surface area contributed by atoms with E-state index in [1.807, 2.05) is 30.2 Å². The summed E-state index contributed by atoms with van der Waals surface area (Å²) in [6.45, 7) is 0. The second-order valence-electron chi connectivity index (χ2n) is 8.98. The summed E-state index contributed by atoms with van der Waals surface area (Å²) in [5.74, 6) is -0.286. The molecule has 0 amide bonds. The molecule has 6 heterocycles. The number of nitrogens with one attached hydrogen (secondary N) is 2. The fourth-order valence-electron chi connectivity index (χ4n) is 4.56. The van der Waals surface area contributed by atoms with Gasteiger partial charge >= 0.3 is 0 Å². The molecule has 204 valence electrons. The van der Waals surface area contributed by atoms with Gasteiger partial charge in [-0.25, -0.2) is 24.9 Å². The van der Waals surface area contributed by atoms with Gasteiger partial charge in [-0.05, 0) is 36.8 Å². The monoisotopic (exact) mass is 598 g/mol. The number of benzene rings is 1. The van der Waals surface area contributed by atoms with Crippen molar-refractivity contribution in [3.63, 3.8) is 0 Å². The number of aryl methyl sites for hydroxylation is 1. The Bertz CT molecular complexity index is 2010. The normalized spacial score (nSPS) is 11.2. The number of nitrogens with zero attached hydrogens (tertiary/aromatic N) is 6.